The van der Waals surface area contributed by atoms with Crippen molar-refractivity contribution >= 4 is 40.8 Å². The van der Waals surface area contributed by atoms with Gasteiger partial charge in [-0.25, -0.2) is 15.0 Å². The maximum atomic E-state index is 12.0. The predicted molar refractivity (Wildman–Crippen MR) is 129 cm³/mol. The third-order valence-corrected chi connectivity index (χ3v) is 6.44. The second-order valence-corrected chi connectivity index (χ2v) is 9.41. The number of hydrogen-bond acceptors (Lipinski definition) is 9. The summed E-state index contributed by atoms with van der Waals surface area (Å²) in [6.45, 7) is 5.11. The average molecular weight is 466 g/mol. The number of rotatable bonds is 7. The number of benzene rings is 1. The van der Waals surface area contributed by atoms with Gasteiger partial charge in [-0.2, -0.15) is 5.10 Å². The smallest absolute Gasteiger partial charge is 0.227 e. The van der Waals surface area contributed by atoms with Gasteiger partial charge in [-0.1, -0.05) is 0 Å². The van der Waals surface area contributed by atoms with E-state index >= 15 is 0 Å². The third kappa shape index (κ3) is 5.62. The first-order chi connectivity index (χ1) is 16.0. The monoisotopic (exact) mass is 465 g/mol. The van der Waals surface area contributed by atoms with Gasteiger partial charge in [-0.3, -0.25) is 15.7 Å². The minimum absolute atomic E-state index is 0.105. The summed E-state index contributed by atoms with van der Waals surface area (Å²) < 4.78 is 0. The number of H-pyrrole nitrogens is 1. The summed E-state index contributed by atoms with van der Waals surface area (Å²) in [6.07, 6.45) is 1.98. The molecule has 2 aliphatic rings. The number of carbonyl (C=O) groups excluding carboxylic acids is 1. The van der Waals surface area contributed by atoms with E-state index in [0.29, 0.717) is 16.8 Å². The lowest BCUT2D eigenvalue weighted by atomic mass is 10.3. The molecule has 1 aliphatic heterocycles. The minimum Gasteiger partial charge on any atom is -0.354 e. The van der Waals surface area contributed by atoms with Gasteiger partial charge in [0.2, 0.25) is 5.91 Å². The predicted octanol–water partition coefficient (Wildman–Crippen LogP) is 2.75. The Morgan fingerprint density at radius 2 is 1.85 bits per heavy atom. The number of hydrogen-bond donors (Lipinski definition) is 4. The third-order valence-electron chi connectivity index (χ3n) is 5.57. The molecule has 2 aromatic heterocycles. The first-order valence-electron chi connectivity index (χ1n) is 11.0. The Morgan fingerprint density at radius 3 is 2.52 bits per heavy atom. The van der Waals surface area contributed by atoms with E-state index in [0.717, 1.165) is 61.1 Å². The number of nitrogens with one attached hydrogen (secondary N) is 3. The molecule has 5 N–H and O–H groups in total. The molecule has 1 amide bonds. The molecule has 2 fully saturated rings. The Morgan fingerprint density at radius 1 is 1.09 bits per heavy atom. The van der Waals surface area contributed by atoms with Crippen LogP contribution in [0.2, 0.25) is 0 Å². The molecule has 10 nitrogen and oxygen atoms in total. The molecule has 11 heteroatoms. The Kier molecular flexibility index (Phi) is 6.16. The maximum absolute atomic E-state index is 12.0. The zero-order valence-corrected chi connectivity index (χ0v) is 19.2. The summed E-state index contributed by atoms with van der Waals surface area (Å²) in [6, 6.07) is 11.6. The van der Waals surface area contributed by atoms with Gasteiger partial charge in [-0.15, -0.1) is 0 Å². The van der Waals surface area contributed by atoms with Crippen LogP contribution < -0.4 is 21.4 Å². The van der Waals surface area contributed by atoms with Gasteiger partial charge < -0.3 is 15.5 Å². The van der Waals surface area contributed by atoms with E-state index in [4.69, 9.17) is 15.8 Å². The summed E-state index contributed by atoms with van der Waals surface area (Å²) >= 11 is 1.48. The highest BCUT2D eigenvalue weighted by atomic mass is 32.2. The fourth-order valence-corrected chi connectivity index (χ4v) is 4.32. The fraction of sp³-hybridized carbons (Fsp3) is 0.364. The molecular formula is C22H27N9OS. The van der Waals surface area contributed by atoms with Crippen LogP contribution in [0, 0.1) is 12.8 Å². The van der Waals surface area contributed by atoms with E-state index < -0.39 is 0 Å². The van der Waals surface area contributed by atoms with E-state index in [9.17, 15) is 4.79 Å². The van der Waals surface area contributed by atoms with Gasteiger partial charge in [0.15, 0.2) is 11.0 Å². The van der Waals surface area contributed by atoms with Crippen molar-refractivity contribution < 1.29 is 4.79 Å². The van der Waals surface area contributed by atoms with Crippen molar-refractivity contribution in [2.45, 2.75) is 29.8 Å². The zero-order valence-electron chi connectivity index (χ0n) is 18.4. The molecule has 0 atom stereocenters. The Bertz CT molecular complexity index is 1120. The lowest BCUT2D eigenvalue weighted by Crippen LogP contribution is -2.49. The molecule has 3 aromatic rings. The molecule has 0 radical (unpaired) electrons. The largest absolute Gasteiger partial charge is 0.354 e. The minimum atomic E-state index is 0.105. The van der Waals surface area contributed by atoms with Crippen LogP contribution in [0.1, 0.15) is 18.5 Å². The molecule has 0 spiro atoms. The van der Waals surface area contributed by atoms with E-state index in [1.165, 1.54) is 11.8 Å². The van der Waals surface area contributed by atoms with Crippen LogP contribution in [0.4, 0.5) is 23.1 Å². The molecule has 1 saturated heterocycles. The van der Waals surface area contributed by atoms with Crippen LogP contribution in [0.25, 0.3) is 0 Å². The van der Waals surface area contributed by atoms with Gasteiger partial charge in [0.05, 0.1) is 0 Å². The lowest BCUT2D eigenvalue weighted by molar-refractivity contribution is -0.117. The van der Waals surface area contributed by atoms with Crippen LogP contribution in [0.3, 0.4) is 0 Å². The number of nitrogens with two attached hydrogens (primary N) is 1. The topological polar surface area (TPSA) is 128 Å². The van der Waals surface area contributed by atoms with Gasteiger partial charge in [0, 0.05) is 60.5 Å². The molecule has 0 unspecified atom stereocenters. The van der Waals surface area contributed by atoms with Gasteiger partial charge in [-0.05, 0) is 55.8 Å². The highest BCUT2D eigenvalue weighted by molar-refractivity contribution is 7.99. The first-order valence-corrected chi connectivity index (χ1v) is 11.8. The van der Waals surface area contributed by atoms with E-state index in [1.54, 1.807) is 0 Å². The van der Waals surface area contributed by atoms with Gasteiger partial charge in [0.25, 0.3) is 0 Å². The van der Waals surface area contributed by atoms with Crippen LogP contribution in [0.15, 0.2) is 46.5 Å². The van der Waals surface area contributed by atoms with Crippen LogP contribution in [-0.4, -0.2) is 57.3 Å². The molecule has 3 heterocycles. The van der Waals surface area contributed by atoms with Crippen molar-refractivity contribution in [1.29, 1.82) is 0 Å². The maximum Gasteiger partial charge on any atom is 0.227 e. The van der Waals surface area contributed by atoms with Gasteiger partial charge >= 0.3 is 0 Å². The molecular weight excluding hydrogens is 438 g/mol. The van der Waals surface area contributed by atoms with E-state index in [2.05, 4.69) is 25.7 Å². The van der Waals surface area contributed by atoms with Crippen molar-refractivity contribution in [2.75, 3.05) is 41.7 Å². The molecule has 172 valence electrons. The number of amides is 1. The summed E-state index contributed by atoms with van der Waals surface area (Å²) in [5, 5.41) is 15.9. The number of aryl methyl sites for hydroxylation is 1. The van der Waals surface area contributed by atoms with Crippen molar-refractivity contribution in [3.8, 4) is 0 Å². The van der Waals surface area contributed by atoms with Crippen molar-refractivity contribution in [3.63, 3.8) is 0 Å². The normalized spacial score (nSPS) is 16.6. The number of piperazine rings is 1. The number of aromatic nitrogens is 4. The Labute approximate surface area is 196 Å². The molecule has 1 saturated carbocycles. The number of carbonyl (C=O) groups is 1. The highest BCUT2D eigenvalue weighted by Crippen LogP contribution is 2.32. The second kappa shape index (κ2) is 9.38. The Hall–Kier alpha value is -3.15. The molecule has 0 bridgehead atoms. The SMILES string of the molecule is Cc1cc(Nc2cc(N3CCN(N)CC3)nc(Sc3ccc(NC(=O)C4CC4)cc3)n2)n[nH]1. The van der Waals surface area contributed by atoms with Crippen molar-refractivity contribution in [2.24, 2.45) is 11.8 Å². The average Bonchev–Trinajstić information content (AvgIpc) is 3.58. The number of aromatic amines is 1. The lowest BCUT2D eigenvalue weighted by Gasteiger charge is -2.33. The number of hydrazine groups is 1. The number of nitrogens with zero attached hydrogens (tertiary/aromatic N) is 5. The standard InChI is InChI=1S/C22H27N9OS/c1-14-12-19(29-28-14)25-18-13-20(30-8-10-31(23)11-9-30)27-22(26-18)33-17-6-4-16(5-7-17)24-21(32)15-2-3-15/h4-7,12-13,15H,2-3,8-11,23H2,1H3,(H,24,32)(H2,25,26,27,28,29). The molecule has 5 rings (SSSR count). The van der Waals surface area contributed by atoms with Crippen LogP contribution in [-0.2, 0) is 4.79 Å². The molecule has 1 aliphatic carbocycles. The van der Waals surface area contributed by atoms with Crippen molar-refractivity contribution in [1.82, 2.24) is 25.2 Å². The number of anilines is 4. The van der Waals surface area contributed by atoms with Crippen LogP contribution in [0.5, 0.6) is 0 Å². The highest BCUT2D eigenvalue weighted by Gasteiger charge is 2.29. The summed E-state index contributed by atoms with van der Waals surface area (Å²) in [4.78, 5) is 24.7. The van der Waals surface area contributed by atoms with E-state index in [1.807, 2.05) is 48.3 Å². The first kappa shape index (κ1) is 21.7. The summed E-state index contributed by atoms with van der Waals surface area (Å²) in [5.41, 5.74) is 1.77. The molecule has 33 heavy (non-hydrogen) atoms. The zero-order chi connectivity index (χ0) is 22.8. The Balaban J connectivity index is 1.35. The van der Waals surface area contributed by atoms with Crippen LogP contribution >= 0.6 is 11.8 Å². The second-order valence-electron chi connectivity index (χ2n) is 8.37. The molecule has 1 aromatic carbocycles. The van der Waals surface area contributed by atoms with Gasteiger partial charge in [0.1, 0.15) is 11.6 Å². The van der Waals surface area contributed by atoms with Crippen molar-refractivity contribution in [3.05, 3.63) is 42.1 Å². The quantitative estimate of drug-likeness (QED) is 0.307. The summed E-state index contributed by atoms with van der Waals surface area (Å²) in [5.74, 6) is 8.44. The summed E-state index contributed by atoms with van der Waals surface area (Å²) in [7, 11) is 0. The van der Waals surface area contributed by atoms with E-state index in [-0.39, 0.29) is 11.8 Å². The fourth-order valence-electron chi connectivity index (χ4n) is 3.55.